The summed E-state index contributed by atoms with van der Waals surface area (Å²) >= 11 is 6.23. The third kappa shape index (κ3) is 3.51. The molecule has 0 bridgehead atoms. The average Bonchev–Trinajstić information content (AvgIpc) is 3.22. The van der Waals surface area contributed by atoms with Gasteiger partial charge in [0.1, 0.15) is 16.9 Å². The minimum Gasteiger partial charge on any atom is -0.466 e. The topological polar surface area (TPSA) is 88.5 Å². The number of carbonyl (C=O) groups is 3. The molecule has 9 heteroatoms. The van der Waals surface area contributed by atoms with E-state index in [1.165, 1.54) is 12.0 Å². The van der Waals surface area contributed by atoms with E-state index in [2.05, 4.69) is 0 Å². The Bertz CT molecular complexity index is 1310. The predicted octanol–water partition coefficient (Wildman–Crippen LogP) is 3.89. The van der Waals surface area contributed by atoms with Crippen molar-refractivity contribution in [3.63, 3.8) is 0 Å². The van der Waals surface area contributed by atoms with Crippen LogP contribution >= 0.6 is 11.6 Å². The summed E-state index contributed by atoms with van der Waals surface area (Å²) in [6, 6.07) is 14.4. The molecule has 0 fully saturated rings. The van der Waals surface area contributed by atoms with Crippen molar-refractivity contribution >= 4 is 46.5 Å². The number of methoxy groups -OCH3 is 2. The summed E-state index contributed by atoms with van der Waals surface area (Å²) in [7, 11) is 4.13. The van der Waals surface area contributed by atoms with Crippen LogP contribution in [0.25, 0.3) is 0 Å². The minimum absolute atomic E-state index is 0.147. The van der Waals surface area contributed by atoms with Gasteiger partial charge in [-0.2, -0.15) is 0 Å². The van der Waals surface area contributed by atoms with Gasteiger partial charge in [-0.05, 0) is 45.0 Å². The van der Waals surface area contributed by atoms with E-state index in [0.717, 1.165) is 12.8 Å². The number of esters is 2. The molecule has 1 atom stereocenters. The number of hydrogen-bond acceptors (Lipinski definition) is 7. The lowest BCUT2D eigenvalue weighted by atomic mass is 9.88. The molecule has 0 aliphatic carbocycles. The van der Waals surface area contributed by atoms with Crippen molar-refractivity contribution < 1.29 is 23.9 Å². The molecule has 2 aromatic carbocycles. The van der Waals surface area contributed by atoms with E-state index in [1.807, 2.05) is 45.0 Å². The van der Waals surface area contributed by atoms with Gasteiger partial charge in [-0.15, -0.1) is 0 Å². The normalized spacial score (nSPS) is 20.7. The van der Waals surface area contributed by atoms with Crippen molar-refractivity contribution in [2.45, 2.75) is 32.0 Å². The number of fused-ring (bicyclic) bond motifs is 1. The van der Waals surface area contributed by atoms with Crippen molar-refractivity contribution in [3.05, 3.63) is 70.3 Å². The van der Waals surface area contributed by atoms with Gasteiger partial charge in [-0.1, -0.05) is 35.9 Å². The average molecular weight is 496 g/mol. The quantitative estimate of drug-likeness (QED) is 0.474. The summed E-state index contributed by atoms with van der Waals surface area (Å²) in [6.07, 6.45) is 0. The van der Waals surface area contributed by atoms with Crippen LogP contribution in [-0.2, 0) is 23.9 Å². The third-order valence-corrected chi connectivity index (χ3v) is 6.41. The highest BCUT2D eigenvalue weighted by Crippen LogP contribution is 2.52. The van der Waals surface area contributed by atoms with Crippen molar-refractivity contribution in [1.82, 2.24) is 4.90 Å². The summed E-state index contributed by atoms with van der Waals surface area (Å²) in [5.74, 6) is -2.40. The van der Waals surface area contributed by atoms with E-state index < -0.39 is 29.0 Å². The second kappa shape index (κ2) is 8.53. The Kier molecular flexibility index (Phi) is 5.97. The lowest BCUT2D eigenvalue weighted by molar-refractivity contribution is -0.141. The fourth-order valence-corrected chi connectivity index (χ4v) is 5.11. The molecular weight excluding hydrogens is 470 g/mol. The summed E-state index contributed by atoms with van der Waals surface area (Å²) in [5.41, 5.74) is -0.629. The zero-order valence-corrected chi connectivity index (χ0v) is 21.1. The van der Waals surface area contributed by atoms with Crippen LogP contribution in [0, 0.1) is 0 Å². The van der Waals surface area contributed by atoms with Gasteiger partial charge in [0.05, 0.1) is 19.9 Å². The number of amides is 1. The van der Waals surface area contributed by atoms with E-state index in [4.69, 9.17) is 26.1 Å². The second-order valence-corrected chi connectivity index (χ2v) is 9.67. The van der Waals surface area contributed by atoms with Crippen LogP contribution in [0.4, 0.5) is 11.4 Å². The molecule has 1 unspecified atom stereocenters. The van der Waals surface area contributed by atoms with Gasteiger partial charge in [0, 0.05) is 28.9 Å². The van der Waals surface area contributed by atoms with E-state index in [1.54, 1.807) is 36.2 Å². The first-order valence-corrected chi connectivity index (χ1v) is 11.3. The zero-order chi connectivity index (χ0) is 25.7. The highest BCUT2D eigenvalue weighted by molar-refractivity contribution is 6.33. The number of aliphatic imine (C=N–C) groups is 1. The number of nitrogens with zero attached hydrogens (tertiary/aromatic N) is 3. The number of ether oxygens (including phenoxy) is 2. The van der Waals surface area contributed by atoms with Crippen molar-refractivity contribution in [2.75, 3.05) is 26.2 Å². The Morgan fingerprint density at radius 3 is 2.26 bits per heavy atom. The van der Waals surface area contributed by atoms with Crippen LogP contribution < -0.4 is 4.90 Å². The molecule has 0 radical (unpaired) electrons. The van der Waals surface area contributed by atoms with E-state index >= 15 is 0 Å². The van der Waals surface area contributed by atoms with Gasteiger partial charge < -0.3 is 19.3 Å². The van der Waals surface area contributed by atoms with Gasteiger partial charge in [0.2, 0.25) is 0 Å². The maximum absolute atomic E-state index is 13.9. The molecule has 4 rings (SSSR count). The number of carbonyl (C=O) groups excluding carboxylic acids is 3. The largest absolute Gasteiger partial charge is 0.466 e. The highest BCUT2D eigenvalue weighted by atomic mass is 35.5. The first kappa shape index (κ1) is 24.5. The standard InChI is InChI=1S/C26H26ClN3O5/c1-25(2,3)30-22(31)19(23(32)34-5)20(24(33)35-6)26(30)21(28-16-11-9-10-15(27)14-16)17-12-7-8-13-18(17)29(26)4/h7-14H,1-6H3. The first-order chi connectivity index (χ1) is 16.5. The Morgan fingerprint density at radius 1 is 1.00 bits per heavy atom. The molecule has 182 valence electrons. The summed E-state index contributed by atoms with van der Waals surface area (Å²) < 4.78 is 10.1. The monoisotopic (exact) mass is 495 g/mol. The number of halogens is 1. The molecule has 1 spiro atoms. The Hall–Kier alpha value is -3.65. The predicted molar refractivity (Wildman–Crippen MR) is 133 cm³/mol. The smallest absolute Gasteiger partial charge is 0.344 e. The number of likely N-dealkylation sites (N-methyl/N-ethyl adjacent to an activating group) is 1. The van der Waals surface area contributed by atoms with Crippen molar-refractivity contribution in [2.24, 2.45) is 4.99 Å². The molecule has 0 saturated heterocycles. The van der Waals surface area contributed by atoms with Crippen LogP contribution in [0.5, 0.6) is 0 Å². The fourth-order valence-electron chi connectivity index (χ4n) is 4.92. The van der Waals surface area contributed by atoms with Gasteiger partial charge >= 0.3 is 11.9 Å². The van der Waals surface area contributed by atoms with Gasteiger partial charge in [0.25, 0.3) is 5.91 Å². The van der Waals surface area contributed by atoms with Crippen LogP contribution in [-0.4, -0.2) is 60.9 Å². The molecule has 0 saturated carbocycles. The summed E-state index contributed by atoms with van der Waals surface area (Å²) in [5, 5.41) is 0.481. The molecule has 2 aliphatic rings. The lowest BCUT2D eigenvalue weighted by Gasteiger charge is -2.49. The molecule has 2 aromatic rings. The zero-order valence-electron chi connectivity index (χ0n) is 20.4. The first-order valence-electron chi connectivity index (χ1n) is 10.9. The van der Waals surface area contributed by atoms with E-state index in [9.17, 15) is 14.4 Å². The molecule has 0 aromatic heterocycles. The van der Waals surface area contributed by atoms with Gasteiger partial charge in [-0.25, -0.2) is 14.6 Å². The second-order valence-electron chi connectivity index (χ2n) is 9.23. The van der Waals surface area contributed by atoms with Crippen molar-refractivity contribution in [1.29, 1.82) is 0 Å². The number of benzene rings is 2. The Balaban J connectivity index is 2.20. The number of anilines is 1. The molecule has 0 N–H and O–H groups in total. The number of rotatable bonds is 3. The SMILES string of the molecule is COC(=O)C1=C(C(=O)OC)C2(C(=Nc3cccc(Cl)c3)c3ccccc3N2C)N(C(C)(C)C)C1=O. The maximum Gasteiger partial charge on any atom is 0.344 e. The highest BCUT2D eigenvalue weighted by Gasteiger charge is 2.67. The van der Waals surface area contributed by atoms with Crippen LogP contribution in [0.2, 0.25) is 5.02 Å². The molecule has 1 amide bonds. The minimum atomic E-state index is -1.59. The molecule has 2 heterocycles. The Labute approximate surface area is 208 Å². The number of para-hydroxylation sites is 1. The molecular formula is C26H26ClN3O5. The van der Waals surface area contributed by atoms with Crippen LogP contribution in [0.1, 0.15) is 26.3 Å². The van der Waals surface area contributed by atoms with Crippen LogP contribution in [0.3, 0.4) is 0 Å². The fraction of sp³-hybridized carbons (Fsp3) is 0.308. The maximum atomic E-state index is 13.9. The molecule has 8 nitrogen and oxygen atoms in total. The van der Waals surface area contributed by atoms with Gasteiger partial charge in [-0.3, -0.25) is 4.79 Å². The summed E-state index contributed by atoms with van der Waals surface area (Å²) in [4.78, 5) is 48.5. The summed E-state index contributed by atoms with van der Waals surface area (Å²) in [6.45, 7) is 5.49. The van der Waals surface area contributed by atoms with E-state index in [-0.39, 0.29) is 11.1 Å². The molecule has 2 aliphatic heterocycles. The lowest BCUT2D eigenvalue weighted by Crippen LogP contribution is -2.67. The third-order valence-electron chi connectivity index (χ3n) is 6.17. The van der Waals surface area contributed by atoms with Crippen molar-refractivity contribution in [3.8, 4) is 0 Å². The molecule has 35 heavy (non-hydrogen) atoms. The Morgan fingerprint density at radius 2 is 1.66 bits per heavy atom. The van der Waals surface area contributed by atoms with Crippen LogP contribution in [0.15, 0.2) is 64.7 Å². The van der Waals surface area contributed by atoms with E-state index in [0.29, 0.717) is 22.0 Å². The number of hydrogen-bond donors (Lipinski definition) is 0. The van der Waals surface area contributed by atoms with Gasteiger partial charge in [0.15, 0.2) is 5.66 Å².